The molecule has 18 heavy (non-hydrogen) atoms. The summed E-state index contributed by atoms with van der Waals surface area (Å²) in [6.07, 6.45) is 3.32. The minimum atomic E-state index is -3.45. The summed E-state index contributed by atoms with van der Waals surface area (Å²) in [4.78, 5) is 4.32. The van der Waals surface area contributed by atoms with E-state index in [2.05, 4.69) is 4.98 Å². The van der Waals surface area contributed by atoms with Crippen LogP contribution in [-0.2, 0) is 10.0 Å². The Hall–Kier alpha value is -1.72. The van der Waals surface area contributed by atoms with Crippen molar-refractivity contribution in [3.05, 3.63) is 48.8 Å². The third-order valence-electron chi connectivity index (χ3n) is 2.62. The van der Waals surface area contributed by atoms with Crippen LogP contribution in [0.1, 0.15) is 0 Å². The summed E-state index contributed by atoms with van der Waals surface area (Å²) in [7, 11) is -0.404. The summed E-state index contributed by atoms with van der Waals surface area (Å²) in [5.74, 6) is 0. The van der Waals surface area contributed by atoms with Gasteiger partial charge in [0.25, 0.3) is 0 Å². The fourth-order valence-corrected chi connectivity index (χ4v) is 2.76. The molecule has 1 aromatic carbocycles. The predicted octanol–water partition coefficient (Wildman–Crippen LogP) is 2.00. The molecule has 2 aromatic rings. The second-order valence-electron chi connectivity index (χ2n) is 4.03. The molecule has 0 radical (unpaired) electrons. The van der Waals surface area contributed by atoms with Crippen molar-refractivity contribution in [1.82, 2.24) is 9.29 Å². The van der Waals surface area contributed by atoms with E-state index in [1.807, 2.05) is 12.1 Å². The summed E-state index contributed by atoms with van der Waals surface area (Å²) >= 11 is 0. The van der Waals surface area contributed by atoms with Crippen LogP contribution in [0.5, 0.6) is 0 Å². The number of rotatable bonds is 3. The number of hydrogen-bond acceptors (Lipinski definition) is 3. The van der Waals surface area contributed by atoms with E-state index in [0.717, 1.165) is 5.56 Å². The molecule has 0 unspecified atom stereocenters. The van der Waals surface area contributed by atoms with Gasteiger partial charge in [-0.05, 0) is 12.1 Å². The zero-order chi connectivity index (χ0) is 13.2. The summed E-state index contributed by atoms with van der Waals surface area (Å²) in [6, 6.07) is 10.6. The lowest BCUT2D eigenvalue weighted by Gasteiger charge is -2.14. The van der Waals surface area contributed by atoms with Crippen molar-refractivity contribution in [2.24, 2.45) is 0 Å². The molecule has 94 valence electrons. The van der Waals surface area contributed by atoms with E-state index in [0.29, 0.717) is 10.5 Å². The van der Waals surface area contributed by atoms with Crippen LogP contribution in [0.15, 0.2) is 53.7 Å². The molecule has 0 fully saturated rings. The van der Waals surface area contributed by atoms with Gasteiger partial charge in [0, 0.05) is 37.6 Å². The first kappa shape index (κ1) is 12.7. The highest BCUT2D eigenvalue weighted by Gasteiger charge is 2.21. The van der Waals surface area contributed by atoms with Gasteiger partial charge in [-0.25, -0.2) is 12.7 Å². The first-order valence-electron chi connectivity index (χ1n) is 5.45. The first-order valence-corrected chi connectivity index (χ1v) is 6.89. The lowest BCUT2D eigenvalue weighted by Crippen LogP contribution is -2.22. The number of aromatic nitrogens is 1. The molecule has 0 saturated carbocycles. The molecule has 0 aliphatic rings. The normalized spacial score (nSPS) is 11.7. The van der Waals surface area contributed by atoms with E-state index in [9.17, 15) is 8.42 Å². The summed E-state index contributed by atoms with van der Waals surface area (Å²) in [5, 5.41) is 0. The summed E-state index contributed by atoms with van der Waals surface area (Å²) in [6.45, 7) is 0. The van der Waals surface area contributed by atoms with Gasteiger partial charge >= 0.3 is 0 Å². The van der Waals surface area contributed by atoms with Gasteiger partial charge in [0.1, 0.15) is 0 Å². The third-order valence-corrected chi connectivity index (χ3v) is 4.49. The second kappa shape index (κ2) is 4.88. The number of nitrogens with zero attached hydrogens (tertiary/aromatic N) is 2. The van der Waals surface area contributed by atoms with Gasteiger partial charge in [0.15, 0.2) is 0 Å². The van der Waals surface area contributed by atoms with Crippen LogP contribution in [0.4, 0.5) is 0 Å². The molecule has 4 nitrogen and oxygen atoms in total. The van der Waals surface area contributed by atoms with Gasteiger partial charge < -0.3 is 0 Å². The molecule has 1 heterocycles. The van der Waals surface area contributed by atoms with E-state index in [1.165, 1.54) is 18.4 Å². The number of sulfonamides is 1. The summed E-state index contributed by atoms with van der Waals surface area (Å²) in [5.41, 5.74) is 1.46. The van der Waals surface area contributed by atoms with Gasteiger partial charge in [-0.15, -0.1) is 0 Å². The molecule has 5 heteroatoms. The van der Waals surface area contributed by atoms with Gasteiger partial charge in [-0.1, -0.05) is 24.3 Å². The van der Waals surface area contributed by atoms with Gasteiger partial charge in [-0.3, -0.25) is 4.98 Å². The molecule has 0 N–H and O–H groups in total. The molecule has 1 aromatic heterocycles. The van der Waals surface area contributed by atoms with Crippen molar-refractivity contribution in [1.29, 1.82) is 0 Å². The largest absolute Gasteiger partial charge is 0.264 e. The van der Waals surface area contributed by atoms with E-state index in [4.69, 9.17) is 0 Å². The standard InChI is InChI=1S/C13H14N2O2S/c1-15(2)18(16,17)13-8-4-3-7-12(13)11-6-5-9-14-10-11/h3-10H,1-2H3. The van der Waals surface area contributed by atoms with Crippen molar-refractivity contribution in [2.45, 2.75) is 4.90 Å². The quantitative estimate of drug-likeness (QED) is 0.850. The molecular formula is C13H14N2O2S. The maximum absolute atomic E-state index is 12.2. The van der Waals surface area contributed by atoms with E-state index < -0.39 is 10.0 Å². The molecular weight excluding hydrogens is 248 g/mol. The maximum Gasteiger partial charge on any atom is 0.243 e. The third kappa shape index (κ3) is 2.27. The lowest BCUT2D eigenvalue weighted by atomic mass is 10.1. The maximum atomic E-state index is 12.2. The average Bonchev–Trinajstić information content (AvgIpc) is 2.39. The monoisotopic (exact) mass is 262 g/mol. The Labute approximate surface area is 107 Å². The van der Waals surface area contributed by atoms with Crippen LogP contribution in [0, 0.1) is 0 Å². The fraction of sp³-hybridized carbons (Fsp3) is 0.154. The highest BCUT2D eigenvalue weighted by atomic mass is 32.2. The molecule has 0 aliphatic carbocycles. The SMILES string of the molecule is CN(C)S(=O)(=O)c1ccccc1-c1cccnc1. The highest BCUT2D eigenvalue weighted by Crippen LogP contribution is 2.27. The Morgan fingerprint density at radius 2 is 1.78 bits per heavy atom. The van der Waals surface area contributed by atoms with E-state index in [1.54, 1.807) is 36.7 Å². The van der Waals surface area contributed by atoms with Crippen LogP contribution in [-0.4, -0.2) is 31.8 Å². The topological polar surface area (TPSA) is 50.3 Å². The van der Waals surface area contributed by atoms with E-state index >= 15 is 0 Å². The minimum Gasteiger partial charge on any atom is -0.264 e. The van der Waals surface area contributed by atoms with Gasteiger partial charge in [0.05, 0.1) is 4.90 Å². The van der Waals surface area contributed by atoms with Crippen molar-refractivity contribution < 1.29 is 8.42 Å². The molecule has 0 aliphatic heterocycles. The van der Waals surface area contributed by atoms with Crippen LogP contribution >= 0.6 is 0 Å². The predicted molar refractivity (Wildman–Crippen MR) is 70.5 cm³/mol. The fourth-order valence-electron chi connectivity index (χ4n) is 1.65. The molecule has 0 atom stereocenters. The van der Waals surface area contributed by atoms with Crippen LogP contribution in [0.2, 0.25) is 0 Å². The Bertz CT molecular complexity index is 637. The van der Waals surface area contributed by atoms with Crippen LogP contribution in [0.3, 0.4) is 0 Å². The first-order chi connectivity index (χ1) is 8.53. The van der Waals surface area contributed by atoms with Crippen LogP contribution < -0.4 is 0 Å². The number of pyridine rings is 1. The lowest BCUT2D eigenvalue weighted by molar-refractivity contribution is 0.521. The van der Waals surface area contributed by atoms with Crippen molar-refractivity contribution in [2.75, 3.05) is 14.1 Å². The second-order valence-corrected chi connectivity index (χ2v) is 6.15. The molecule has 0 bridgehead atoms. The summed E-state index contributed by atoms with van der Waals surface area (Å²) < 4.78 is 25.7. The zero-order valence-corrected chi connectivity index (χ0v) is 11.1. The highest BCUT2D eigenvalue weighted by molar-refractivity contribution is 7.89. The Balaban J connectivity index is 2.65. The van der Waals surface area contributed by atoms with Crippen molar-refractivity contribution in [3.63, 3.8) is 0 Å². The smallest absolute Gasteiger partial charge is 0.243 e. The van der Waals surface area contributed by atoms with Gasteiger partial charge in [-0.2, -0.15) is 0 Å². The van der Waals surface area contributed by atoms with E-state index in [-0.39, 0.29) is 0 Å². The Morgan fingerprint density at radius 1 is 1.06 bits per heavy atom. The Kier molecular flexibility index (Phi) is 3.45. The zero-order valence-electron chi connectivity index (χ0n) is 10.2. The van der Waals surface area contributed by atoms with Crippen LogP contribution in [0.25, 0.3) is 11.1 Å². The molecule has 2 rings (SSSR count). The molecule has 0 saturated heterocycles. The van der Waals surface area contributed by atoms with Gasteiger partial charge in [0.2, 0.25) is 10.0 Å². The molecule has 0 amide bonds. The average molecular weight is 262 g/mol. The molecule has 0 spiro atoms. The Morgan fingerprint density at radius 3 is 2.39 bits per heavy atom. The van der Waals surface area contributed by atoms with Crippen molar-refractivity contribution in [3.8, 4) is 11.1 Å². The van der Waals surface area contributed by atoms with Crippen molar-refractivity contribution >= 4 is 10.0 Å². The number of benzene rings is 1. The minimum absolute atomic E-state index is 0.294. The number of hydrogen-bond donors (Lipinski definition) is 0.